The van der Waals surface area contributed by atoms with Crippen molar-refractivity contribution in [3.63, 3.8) is 0 Å². The average molecular weight is 271 g/mol. The largest absolute Gasteiger partial charge is 0.394 e. The fourth-order valence-electron chi connectivity index (χ4n) is 1.99. The Balaban J connectivity index is 2.38. The van der Waals surface area contributed by atoms with E-state index >= 15 is 0 Å². The predicted octanol–water partition coefficient (Wildman–Crippen LogP) is -2.59. The van der Waals surface area contributed by atoms with Crippen molar-refractivity contribution in [3.05, 3.63) is 17.7 Å². The molecule has 1 saturated heterocycles. The van der Waals surface area contributed by atoms with Gasteiger partial charge < -0.3 is 25.8 Å². The molecule has 0 aromatic carbocycles. The molecule has 0 spiro atoms. The first kappa shape index (κ1) is 13.6. The summed E-state index contributed by atoms with van der Waals surface area (Å²) >= 11 is 0. The predicted molar refractivity (Wildman–Crippen MR) is 59.1 cm³/mol. The van der Waals surface area contributed by atoms with Crippen molar-refractivity contribution in [2.24, 2.45) is 5.73 Å². The third-order valence-electron chi connectivity index (χ3n) is 2.97. The molecule has 1 aliphatic rings. The normalized spacial score (nSPS) is 30.5. The molecule has 104 valence electrons. The summed E-state index contributed by atoms with van der Waals surface area (Å²) in [4.78, 5) is 25.7. The van der Waals surface area contributed by atoms with Gasteiger partial charge in [-0.15, -0.1) is 0 Å². The minimum absolute atomic E-state index is 0.165. The van der Waals surface area contributed by atoms with Crippen LogP contribution in [0.4, 0.5) is 0 Å². The van der Waals surface area contributed by atoms with E-state index in [2.05, 4.69) is 4.98 Å². The van der Waals surface area contributed by atoms with Gasteiger partial charge in [0.2, 0.25) is 0 Å². The molecule has 19 heavy (non-hydrogen) atoms. The first-order valence-corrected chi connectivity index (χ1v) is 5.45. The van der Waals surface area contributed by atoms with Crippen molar-refractivity contribution in [2.45, 2.75) is 24.5 Å². The van der Waals surface area contributed by atoms with E-state index in [4.69, 9.17) is 15.6 Å². The summed E-state index contributed by atoms with van der Waals surface area (Å²) in [6.45, 7) is -0.497. The molecule has 5 N–H and O–H groups in total. The number of aliphatic hydroxyl groups excluding tert-OH is 3. The van der Waals surface area contributed by atoms with Gasteiger partial charge in [0.15, 0.2) is 18.2 Å². The molecular formula is C10H13N3O6. The van der Waals surface area contributed by atoms with Crippen molar-refractivity contribution in [2.75, 3.05) is 6.61 Å². The van der Waals surface area contributed by atoms with E-state index in [0.717, 1.165) is 10.9 Å². The number of carbonyl (C=O) groups excluding carboxylic acids is 2. The number of nitrogens with zero attached hydrogens (tertiary/aromatic N) is 2. The Labute approximate surface area is 107 Å². The lowest BCUT2D eigenvalue weighted by atomic mass is 10.1. The number of ether oxygens (including phenoxy) is 1. The van der Waals surface area contributed by atoms with Gasteiger partial charge in [0.25, 0.3) is 5.91 Å². The van der Waals surface area contributed by atoms with Crippen LogP contribution < -0.4 is 5.73 Å². The molecule has 2 rings (SSSR count). The smallest absolute Gasteiger partial charge is 0.269 e. The zero-order valence-electron chi connectivity index (χ0n) is 9.71. The fourth-order valence-corrected chi connectivity index (χ4v) is 1.99. The molecule has 1 amide bonds. The number of primary amides is 1. The Morgan fingerprint density at radius 2 is 2.21 bits per heavy atom. The third kappa shape index (κ3) is 2.12. The number of nitrogens with two attached hydrogens (primary N) is 1. The maximum absolute atomic E-state index is 11.1. The van der Waals surface area contributed by atoms with E-state index in [1.807, 2.05) is 0 Å². The van der Waals surface area contributed by atoms with E-state index < -0.39 is 37.1 Å². The molecule has 0 radical (unpaired) electrons. The third-order valence-corrected chi connectivity index (χ3v) is 2.97. The summed E-state index contributed by atoms with van der Waals surface area (Å²) < 4.78 is 6.31. The van der Waals surface area contributed by atoms with Crippen LogP contribution in [0, 0.1) is 0 Å². The van der Waals surface area contributed by atoms with Gasteiger partial charge in [-0.3, -0.25) is 14.2 Å². The minimum atomic E-state index is -1.37. The highest BCUT2D eigenvalue weighted by molar-refractivity contribution is 5.97. The van der Waals surface area contributed by atoms with Crippen molar-refractivity contribution < 1.29 is 29.6 Å². The monoisotopic (exact) mass is 271 g/mol. The first-order valence-electron chi connectivity index (χ1n) is 5.45. The maximum atomic E-state index is 11.1. The summed E-state index contributed by atoms with van der Waals surface area (Å²) in [7, 11) is 0. The van der Waals surface area contributed by atoms with E-state index in [0.29, 0.717) is 6.29 Å². The van der Waals surface area contributed by atoms with Crippen LogP contribution in [0.3, 0.4) is 0 Å². The first-order chi connectivity index (χ1) is 9.01. The van der Waals surface area contributed by atoms with Crippen LogP contribution in [-0.2, 0) is 4.74 Å². The highest BCUT2D eigenvalue weighted by Crippen LogP contribution is 2.30. The lowest BCUT2D eigenvalue weighted by molar-refractivity contribution is -0.0533. The molecule has 0 unspecified atom stereocenters. The van der Waals surface area contributed by atoms with Gasteiger partial charge in [0, 0.05) is 0 Å². The highest BCUT2D eigenvalue weighted by Gasteiger charge is 2.44. The van der Waals surface area contributed by atoms with E-state index in [1.165, 1.54) is 0 Å². The molecule has 0 bridgehead atoms. The highest BCUT2D eigenvalue weighted by atomic mass is 16.6. The molecule has 1 aliphatic heterocycles. The van der Waals surface area contributed by atoms with Crippen LogP contribution in [0.2, 0.25) is 0 Å². The number of aldehydes is 1. The van der Waals surface area contributed by atoms with Crippen LogP contribution in [0.1, 0.15) is 27.2 Å². The molecule has 0 aliphatic carbocycles. The quantitative estimate of drug-likeness (QED) is 0.439. The Kier molecular flexibility index (Phi) is 3.62. The number of hydrogen-bond donors (Lipinski definition) is 4. The fraction of sp³-hybridized carbons (Fsp3) is 0.500. The van der Waals surface area contributed by atoms with Gasteiger partial charge >= 0.3 is 0 Å². The van der Waals surface area contributed by atoms with Crippen LogP contribution in [-0.4, -0.2) is 62.0 Å². The molecule has 1 aromatic rings. The second-order valence-corrected chi connectivity index (χ2v) is 4.10. The van der Waals surface area contributed by atoms with E-state index in [1.54, 1.807) is 0 Å². The van der Waals surface area contributed by atoms with Crippen molar-refractivity contribution >= 4 is 12.2 Å². The Bertz CT molecular complexity index is 501. The lowest BCUT2D eigenvalue weighted by Gasteiger charge is -2.17. The number of amides is 1. The Hall–Kier alpha value is -1.81. The van der Waals surface area contributed by atoms with Gasteiger partial charge in [-0.1, -0.05) is 0 Å². The van der Waals surface area contributed by atoms with Crippen molar-refractivity contribution in [1.29, 1.82) is 0 Å². The molecular weight excluding hydrogens is 258 g/mol. The average Bonchev–Trinajstić information content (AvgIpc) is 2.92. The van der Waals surface area contributed by atoms with Gasteiger partial charge in [-0.2, -0.15) is 0 Å². The number of rotatable bonds is 4. The molecule has 1 fully saturated rings. The van der Waals surface area contributed by atoms with Crippen LogP contribution >= 0.6 is 0 Å². The van der Waals surface area contributed by atoms with Crippen LogP contribution in [0.15, 0.2) is 6.33 Å². The van der Waals surface area contributed by atoms with Crippen LogP contribution in [0.5, 0.6) is 0 Å². The van der Waals surface area contributed by atoms with Crippen molar-refractivity contribution in [3.8, 4) is 0 Å². The molecule has 2 heterocycles. The Morgan fingerprint density at radius 1 is 1.53 bits per heavy atom. The molecule has 0 saturated carbocycles. The summed E-state index contributed by atoms with van der Waals surface area (Å²) in [6, 6.07) is 0. The summed E-state index contributed by atoms with van der Waals surface area (Å²) in [5.74, 6) is -0.896. The van der Waals surface area contributed by atoms with Crippen molar-refractivity contribution in [1.82, 2.24) is 9.55 Å². The van der Waals surface area contributed by atoms with Gasteiger partial charge in [-0.25, -0.2) is 4.98 Å². The number of carbonyl (C=O) groups is 2. The molecule has 9 heteroatoms. The summed E-state index contributed by atoms with van der Waals surface area (Å²) in [6.07, 6.45) is -3.35. The van der Waals surface area contributed by atoms with Gasteiger partial charge in [0.05, 0.1) is 12.9 Å². The zero-order chi connectivity index (χ0) is 14.2. The summed E-state index contributed by atoms with van der Waals surface area (Å²) in [5, 5.41) is 28.4. The second kappa shape index (κ2) is 5.05. The summed E-state index contributed by atoms with van der Waals surface area (Å²) in [5.41, 5.74) is 4.63. The number of imidazole rings is 1. The molecule has 9 nitrogen and oxygen atoms in total. The SMILES string of the molecule is NC(=O)c1ncn([C@@H]2O[C@H](CO)[C@@H](O)[C@H]2O)c1C=O. The van der Waals surface area contributed by atoms with Gasteiger partial charge in [0.1, 0.15) is 24.0 Å². The zero-order valence-corrected chi connectivity index (χ0v) is 9.71. The van der Waals surface area contributed by atoms with Gasteiger partial charge in [-0.05, 0) is 0 Å². The minimum Gasteiger partial charge on any atom is -0.394 e. The number of aromatic nitrogens is 2. The second-order valence-electron chi connectivity index (χ2n) is 4.10. The molecule has 4 atom stereocenters. The maximum Gasteiger partial charge on any atom is 0.269 e. The molecule has 1 aromatic heterocycles. The lowest BCUT2D eigenvalue weighted by Crippen LogP contribution is -2.33. The topological polar surface area (TPSA) is 148 Å². The standard InChI is InChI=1S/C10H13N3O6/c11-9(18)6-4(1-14)13(3-12-6)10-8(17)7(16)5(2-15)19-10/h1,3,5,7-8,10,15-17H,2H2,(H2,11,18)/t5-,7-,8-,10-/m1/s1. The van der Waals surface area contributed by atoms with Crippen LogP contribution in [0.25, 0.3) is 0 Å². The van der Waals surface area contributed by atoms with E-state index in [9.17, 15) is 19.8 Å². The number of aliphatic hydroxyl groups is 3. The van der Waals surface area contributed by atoms with E-state index in [-0.39, 0.29) is 11.4 Å². The number of hydrogen-bond acceptors (Lipinski definition) is 7. The Morgan fingerprint density at radius 3 is 2.68 bits per heavy atom.